The van der Waals surface area contributed by atoms with E-state index in [2.05, 4.69) is 21.0 Å². The standard InChI is InChI=1S/C28H25BrN4O7/c1-15(2)20-12-21(16(3)9-24(20)39-4)27-31-22-8-6-5-7-19(22)28(36)32(27)30-13-17-10-18(29)11-23(33(37)38)26(17)40-14-25(34)35/h5-13,15H,14H2,1-4H3,(H,34,35). The van der Waals surface area contributed by atoms with Gasteiger partial charge in [0.1, 0.15) is 5.75 Å². The summed E-state index contributed by atoms with van der Waals surface area (Å²) in [7, 11) is 1.59. The highest BCUT2D eigenvalue weighted by molar-refractivity contribution is 9.10. The number of aliphatic carboxylic acids is 1. The van der Waals surface area contributed by atoms with Crippen LogP contribution in [0, 0.1) is 17.0 Å². The van der Waals surface area contributed by atoms with Gasteiger partial charge in [0.05, 0.1) is 29.2 Å². The highest BCUT2D eigenvalue weighted by atomic mass is 79.9. The van der Waals surface area contributed by atoms with Gasteiger partial charge in [-0.3, -0.25) is 14.9 Å². The molecule has 3 aromatic carbocycles. The number of carboxylic acids is 1. The van der Waals surface area contributed by atoms with E-state index < -0.39 is 28.7 Å². The number of hydrogen-bond acceptors (Lipinski definition) is 8. The van der Waals surface area contributed by atoms with Gasteiger partial charge in [0, 0.05) is 21.7 Å². The molecule has 0 aliphatic heterocycles. The van der Waals surface area contributed by atoms with Crippen molar-refractivity contribution in [3.63, 3.8) is 0 Å². The molecule has 4 aromatic rings. The van der Waals surface area contributed by atoms with E-state index in [0.717, 1.165) is 15.8 Å². The SMILES string of the molecule is COc1cc(C)c(-c2nc3ccccc3c(=O)n2N=Cc2cc(Br)cc([N+](=O)[O-])c2OCC(=O)O)cc1C(C)C. The Morgan fingerprint density at radius 2 is 1.98 bits per heavy atom. The zero-order valence-electron chi connectivity index (χ0n) is 22.0. The monoisotopic (exact) mass is 608 g/mol. The molecule has 1 heterocycles. The first-order valence-electron chi connectivity index (χ1n) is 12.1. The summed E-state index contributed by atoms with van der Waals surface area (Å²) in [6, 6.07) is 13.3. The Hall–Kier alpha value is -4.58. The molecule has 0 saturated heterocycles. The summed E-state index contributed by atoms with van der Waals surface area (Å²) >= 11 is 3.23. The van der Waals surface area contributed by atoms with Crippen molar-refractivity contribution >= 4 is 44.7 Å². The molecule has 0 aliphatic rings. The van der Waals surface area contributed by atoms with Crippen molar-refractivity contribution in [1.82, 2.24) is 9.66 Å². The van der Waals surface area contributed by atoms with E-state index >= 15 is 0 Å². The second-order valence-electron chi connectivity index (χ2n) is 9.16. The average Bonchev–Trinajstić information content (AvgIpc) is 2.91. The van der Waals surface area contributed by atoms with Crippen LogP contribution in [0.25, 0.3) is 22.3 Å². The predicted molar refractivity (Wildman–Crippen MR) is 154 cm³/mol. The number of carbonyl (C=O) groups is 1. The van der Waals surface area contributed by atoms with Crippen LogP contribution in [0.5, 0.6) is 11.5 Å². The minimum atomic E-state index is -1.31. The molecule has 1 aromatic heterocycles. The van der Waals surface area contributed by atoms with Gasteiger partial charge in [-0.15, -0.1) is 0 Å². The number of fused-ring (bicyclic) bond motifs is 1. The van der Waals surface area contributed by atoms with Crippen LogP contribution < -0.4 is 15.0 Å². The van der Waals surface area contributed by atoms with Crippen LogP contribution in [0.4, 0.5) is 5.69 Å². The van der Waals surface area contributed by atoms with Gasteiger partial charge in [0.2, 0.25) is 5.75 Å². The lowest BCUT2D eigenvalue weighted by Crippen LogP contribution is -2.21. The van der Waals surface area contributed by atoms with E-state index in [0.29, 0.717) is 26.7 Å². The van der Waals surface area contributed by atoms with Crippen LogP contribution in [0.2, 0.25) is 0 Å². The highest BCUT2D eigenvalue weighted by Gasteiger charge is 2.22. The minimum absolute atomic E-state index is 0.0858. The third kappa shape index (κ3) is 5.71. The zero-order valence-corrected chi connectivity index (χ0v) is 23.6. The first-order chi connectivity index (χ1) is 19.0. The van der Waals surface area contributed by atoms with Gasteiger partial charge in [0.25, 0.3) is 5.56 Å². The number of benzene rings is 3. The fraction of sp³-hybridized carbons (Fsp3) is 0.214. The average molecular weight is 609 g/mol. The smallest absolute Gasteiger partial charge is 0.341 e. The second kappa shape index (κ2) is 11.7. The number of ether oxygens (including phenoxy) is 2. The molecule has 0 radical (unpaired) electrons. The molecule has 0 atom stereocenters. The highest BCUT2D eigenvalue weighted by Crippen LogP contribution is 2.35. The molecule has 0 unspecified atom stereocenters. The van der Waals surface area contributed by atoms with Crippen molar-refractivity contribution in [1.29, 1.82) is 0 Å². The molecule has 0 amide bonds. The first kappa shape index (κ1) is 28.4. The maximum Gasteiger partial charge on any atom is 0.341 e. The summed E-state index contributed by atoms with van der Waals surface area (Å²) in [5.41, 5.74) is 1.97. The predicted octanol–water partition coefficient (Wildman–Crippen LogP) is 5.52. The van der Waals surface area contributed by atoms with E-state index in [1.807, 2.05) is 32.9 Å². The molecular weight excluding hydrogens is 584 g/mol. The fourth-order valence-electron chi connectivity index (χ4n) is 4.21. The maximum absolute atomic E-state index is 13.7. The molecule has 4 rings (SSSR count). The van der Waals surface area contributed by atoms with Gasteiger partial charge >= 0.3 is 11.7 Å². The largest absolute Gasteiger partial charge is 0.496 e. The number of nitro benzene ring substituents is 1. The lowest BCUT2D eigenvalue weighted by molar-refractivity contribution is -0.385. The summed E-state index contributed by atoms with van der Waals surface area (Å²) in [5, 5.41) is 25.5. The number of aryl methyl sites for hydroxylation is 1. The molecule has 40 heavy (non-hydrogen) atoms. The Bertz CT molecular complexity index is 1730. The Morgan fingerprint density at radius 3 is 2.62 bits per heavy atom. The van der Waals surface area contributed by atoms with Crippen molar-refractivity contribution < 1.29 is 24.3 Å². The Balaban J connectivity index is 2.00. The van der Waals surface area contributed by atoms with Gasteiger partial charge in [-0.25, -0.2) is 9.78 Å². The van der Waals surface area contributed by atoms with E-state index in [1.165, 1.54) is 18.3 Å². The number of nitrogens with zero attached hydrogens (tertiary/aromatic N) is 4. The lowest BCUT2D eigenvalue weighted by atomic mass is 9.96. The van der Waals surface area contributed by atoms with Crippen molar-refractivity contribution in [3.05, 3.63) is 90.2 Å². The molecule has 1 N–H and O–H groups in total. The quantitative estimate of drug-likeness (QED) is 0.148. The molecule has 206 valence electrons. The first-order valence-corrected chi connectivity index (χ1v) is 12.9. The third-order valence-electron chi connectivity index (χ3n) is 6.11. The van der Waals surface area contributed by atoms with E-state index in [-0.39, 0.29) is 23.1 Å². The molecule has 0 spiro atoms. The minimum Gasteiger partial charge on any atom is -0.496 e. The Morgan fingerprint density at radius 1 is 1.25 bits per heavy atom. The molecule has 11 nitrogen and oxygen atoms in total. The van der Waals surface area contributed by atoms with Gasteiger partial charge < -0.3 is 14.6 Å². The van der Waals surface area contributed by atoms with Crippen LogP contribution in [0.1, 0.15) is 36.5 Å². The van der Waals surface area contributed by atoms with Crippen LogP contribution in [0.15, 0.2) is 62.9 Å². The van der Waals surface area contributed by atoms with E-state index in [9.17, 15) is 19.7 Å². The molecule has 0 saturated carbocycles. The van der Waals surface area contributed by atoms with Gasteiger partial charge in [0.15, 0.2) is 12.4 Å². The molecular formula is C28H25BrN4O7. The van der Waals surface area contributed by atoms with Crippen molar-refractivity contribution in [3.8, 4) is 22.9 Å². The molecule has 0 aliphatic carbocycles. The summed E-state index contributed by atoms with van der Waals surface area (Å²) in [5.74, 6) is -0.552. The maximum atomic E-state index is 13.7. The summed E-state index contributed by atoms with van der Waals surface area (Å²) in [6.07, 6.45) is 1.21. The van der Waals surface area contributed by atoms with E-state index in [4.69, 9.17) is 19.6 Å². The summed E-state index contributed by atoms with van der Waals surface area (Å²) in [6.45, 7) is 5.10. The van der Waals surface area contributed by atoms with Crippen LogP contribution >= 0.6 is 15.9 Å². The molecule has 12 heteroatoms. The van der Waals surface area contributed by atoms with Crippen LogP contribution in [-0.2, 0) is 4.79 Å². The normalized spacial score (nSPS) is 11.3. The lowest BCUT2D eigenvalue weighted by Gasteiger charge is -2.17. The summed E-state index contributed by atoms with van der Waals surface area (Å²) < 4.78 is 12.3. The number of nitro groups is 1. The van der Waals surface area contributed by atoms with E-state index in [1.54, 1.807) is 31.4 Å². The number of para-hydroxylation sites is 1. The number of aromatic nitrogens is 2. The van der Waals surface area contributed by atoms with Gasteiger partial charge in [-0.1, -0.05) is 41.9 Å². The van der Waals surface area contributed by atoms with Gasteiger partial charge in [-0.05, 0) is 54.3 Å². The van der Waals surface area contributed by atoms with Crippen molar-refractivity contribution in [2.24, 2.45) is 5.10 Å². The van der Waals surface area contributed by atoms with Crippen LogP contribution in [-0.4, -0.2) is 45.6 Å². The Labute approximate surface area is 237 Å². The van der Waals surface area contributed by atoms with Crippen LogP contribution in [0.3, 0.4) is 0 Å². The third-order valence-corrected chi connectivity index (χ3v) is 6.56. The van der Waals surface area contributed by atoms with Crippen molar-refractivity contribution in [2.75, 3.05) is 13.7 Å². The van der Waals surface area contributed by atoms with Gasteiger partial charge in [-0.2, -0.15) is 9.78 Å². The number of halogens is 1. The number of methoxy groups -OCH3 is 1. The zero-order chi connectivity index (χ0) is 29.1. The van der Waals surface area contributed by atoms with Crippen molar-refractivity contribution in [2.45, 2.75) is 26.7 Å². The molecule has 0 fully saturated rings. The topological polar surface area (TPSA) is 146 Å². The fourth-order valence-corrected chi connectivity index (χ4v) is 4.68. The number of hydrogen-bond donors (Lipinski definition) is 1. The second-order valence-corrected chi connectivity index (χ2v) is 10.1. The molecule has 0 bridgehead atoms. The Kier molecular flexibility index (Phi) is 8.29. The number of rotatable bonds is 9. The number of carboxylic acid groups (broad SMARTS) is 1. The summed E-state index contributed by atoms with van der Waals surface area (Å²) in [4.78, 5) is 40.6.